The molecular formula is C25H29ClN6. The highest BCUT2D eigenvalue weighted by molar-refractivity contribution is 5.85. The molecule has 3 heterocycles. The second kappa shape index (κ2) is 10.2. The van der Waals surface area contributed by atoms with Gasteiger partial charge in [-0.1, -0.05) is 30.3 Å². The maximum Gasteiger partial charge on any atom is 0.159 e. The van der Waals surface area contributed by atoms with Gasteiger partial charge in [-0.3, -0.25) is 9.38 Å². The summed E-state index contributed by atoms with van der Waals surface area (Å²) in [5.74, 6) is 1.49. The lowest BCUT2D eigenvalue weighted by Crippen LogP contribution is -2.27. The Labute approximate surface area is 194 Å². The van der Waals surface area contributed by atoms with Crippen LogP contribution in [0.4, 0.5) is 0 Å². The molecule has 6 nitrogen and oxygen atoms in total. The predicted molar refractivity (Wildman–Crippen MR) is 129 cm³/mol. The summed E-state index contributed by atoms with van der Waals surface area (Å²) < 4.78 is 2.11. The lowest BCUT2D eigenvalue weighted by molar-refractivity contribution is 0.323. The fraction of sp³-hybridized carbons (Fsp3) is 0.360. The maximum absolute atomic E-state index is 6.07. The van der Waals surface area contributed by atoms with Crippen LogP contribution in [-0.4, -0.2) is 30.4 Å². The van der Waals surface area contributed by atoms with Crippen LogP contribution in [0.3, 0.4) is 0 Å². The average molecular weight is 449 g/mol. The Morgan fingerprint density at radius 1 is 0.906 bits per heavy atom. The molecule has 0 unspecified atom stereocenters. The second-order valence-corrected chi connectivity index (χ2v) is 8.54. The van der Waals surface area contributed by atoms with E-state index in [0.29, 0.717) is 12.0 Å². The van der Waals surface area contributed by atoms with Crippen LogP contribution in [-0.2, 0) is 19.3 Å². The smallest absolute Gasteiger partial charge is 0.159 e. The van der Waals surface area contributed by atoms with E-state index in [0.717, 1.165) is 60.7 Å². The first-order valence-corrected chi connectivity index (χ1v) is 11.2. The number of aryl methyl sites for hydroxylation is 2. The third-order valence-corrected chi connectivity index (χ3v) is 6.32. The number of rotatable bonds is 6. The average Bonchev–Trinajstić information content (AvgIpc) is 3.25. The van der Waals surface area contributed by atoms with Gasteiger partial charge in [0.15, 0.2) is 5.65 Å². The van der Waals surface area contributed by atoms with Gasteiger partial charge in [0.25, 0.3) is 0 Å². The van der Waals surface area contributed by atoms with Gasteiger partial charge in [-0.25, -0.2) is 15.0 Å². The molecule has 2 N–H and O–H groups in total. The number of imidazole rings is 1. The molecule has 1 saturated carbocycles. The summed E-state index contributed by atoms with van der Waals surface area (Å²) in [5, 5.41) is 0. The van der Waals surface area contributed by atoms with Crippen molar-refractivity contribution in [3.05, 3.63) is 78.3 Å². The Kier molecular flexibility index (Phi) is 7.12. The third kappa shape index (κ3) is 4.97. The Morgan fingerprint density at radius 3 is 2.53 bits per heavy atom. The van der Waals surface area contributed by atoms with Gasteiger partial charge in [0.1, 0.15) is 5.82 Å². The fourth-order valence-electron chi connectivity index (χ4n) is 4.54. The summed E-state index contributed by atoms with van der Waals surface area (Å²) in [4.78, 5) is 18.7. The van der Waals surface area contributed by atoms with Crippen molar-refractivity contribution in [2.24, 2.45) is 11.7 Å². The Hall–Kier alpha value is -2.83. The van der Waals surface area contributed by atoms with E-state index >= 15 is 0 Å². The van der Waals surface area contributed by atoms with E-state index in [1.807, 2.05) is 36.9 Å². The number of fused-ring (bicyclic) bond motifs is 1. The standard InChI is InChI=1S/C25H28N6.ClH/c26-20-9-6-19(7-10-20)16-22-25-29-17-23(31(25)15-14-27-22)21-12-13-28-24(30-21)11-8-18-4-2-1-3-5-18;/h1-5,12-15,17,19-20H,6-11,16,26H2;1H. The minimum absolute atomic E-state index is 0. The summed E-state index contributed by atoms with van der Waals surface area (Å²) in [6, 6.07) is 12.8. The van der Waals surface area contributed by atoms with Crippen LogP contribution in [0.15, 0.2) is 61.2 Å². The summed E-state index contributed by atoms with van der Waals surface area (Å²) in [6.45, 7) is 0. The van der Waals surface area contributed by atoms with Crippen molar-refractivity contribution in [2.75, 3.05) is 0 Å². The summed E-state index contributed by atoms with van der Waals surface area (Å²) in [7, 11) is 0. The molecule has 0 bridgehead atoms. The lowest BCUT2D eigenvalue weighted by Gasteiger charge is -2.25. The molecule has 1 aliphatic carbocycles. The van der Waals surface area contributed by atoms with E-state index in [-0.39, 0.29) is 12.4 Å². The molecule has 0 amide bonds. The molecule has 0 saturated heterocycles. The van der Waals surface area contributed by atoms with Gasteiger partial charge in [0.2, 0.25) is 0 Å². The first-order chi connectivity index (χ1) is 15.3. The van der Waals surface area contributed by atoms with Crippen LogP contribution in [0, 0.1) is 5.92 Å². The van der Waals surface area contributed by atoms with E-state index in [4.69, 9.17) is 15.7 Å². The molecule has 1 aliphatic rings. The molecule has 0 aliphatic heterocycles. The number of nitrogens with two attached hydrogens (primary N) is 1. The topological polar surface area (TPSA) is 82.0 Å². The molecule has 0 radical (unpaired) electrons. The molecule has 1 fully saturated rings. The fourth-order valence-corrected chi connectivity index (χ4v) is 4.54. The van der Waals surface area contributed by atoms with E-state index in [9.17, 15) is 0 Å². The highest BCUT2D eigenvalue weighted by Crippen LogP contribution is 2.28. The van der Waals surface area contributed by atoms with Crippen molar-refractivity contribution in [1.29, 1.82) is 0 Å². The molecular weight excluding hydrogens is 420 g/mol. The third-order valence-electron chi connectivity index (χ3n) is 6.32. The van der Waals surface area contributed by atoms with Gasteiger partial charge in [-0.2, -0.15) is 0 Å². The number of halogens is 1. The van der Waals surface area contributed by atoms with Crippen molar-refractivity contribution >= 4 is 18.1 Å². The zero-order valence-corrected chi connectivity index (χ0v) is 18.9. The first-order valence-electron chi connectivity index (χ1n) is 11.2. The summed E-state index contributed by atoms with van der Waals surface area (Å²) >= 11 is 0. The molecule has 0 spiro atoms. The Morgan fingerprint density at radius 2 is 1.72 bits per heavy atom. The molecule has 5 rings (SSSR count). The van der Waals surface area contributed by atoms with Crippen molar-refractivity contribution in [3.63, 3.8) is 0 Å². The Bertz CT molecular complexity index is 1150. The number of hydrogen-bond acceptors (Lipinski definition) is 5. The number of aromatic nitrogens is 5. The summed E-state index contributed by atoms with van der Waals surface area (Å²) in [5.41, 5.74) is 11.2. The SMILES string of the molecule is Cl.NC1CCC(Cc2nccn3c(-c4ccnc(CCc5ccccc5)n4)cnc23)CC1. The predicted octanol–water partition coefficient (Wildman–Crippen LogP) is 4.45. The second-order valence-electron chi connectivity index (χ2n) is 8.54. The van der Waals surface area contributed by atoms with Gasteiger partial charge in [0.05, 0.1) is 23.3 Å². The highest BCUT2D eigenvalue weighted by atomic mass is 35.5. The molecule has 3 aromatic heterocycles. The molecule has 4 aromatic rings. The molecule has 1 aromatic carbocycles. The number of nitrogens with zero attached hydrogens (tertiary/aromatic N) is 5. The zero-order chi connectivity index (χ0) is 21.0. The van der Waals surface area contributed by atoms with Gasteiger partial charge < -0.3 is 5.73 Å². The van der Waals surface area contributed by atoms with E-state index < -0.39 is 0 Å². The highest BCUT2D eigenvalue weighted by Gasteiger charge is 2.21. The number of hydrogen-bond donors (Lipinski definition) is 1. The van der Waals surface area contributed by atoms with Crippen LogP contribution >= 0.6 is 12.4 Å². The van der Waals surface area contributed by atoms with E-state index in [2.05, 4.69) is 38.6 Å². The van der Waals surface area contributed by atoms with Gasteiger partial charge in [-0.15, -0.1) is 12.4 Å². The quantitative estimate of drug-likeness (QED) is 0.471. The van der Waals surface area contributed by atoms with Crippen molar-refractivity contribution < 1.29 is 0 Å². The lowest BCUT2D eigenvalue weighted by atomic mass is 9.84. The number of benzene rings is 1. The molecule has 7 heteroatoms. The van der Waals surface area contributed by atoms with Gasteiger partial charge >= 0.3 is 0 Å². The minimum Gasteiger partial charge on any atom is -0.328 e. The van der Waals surface area contributed by atoms with Crippen LogP contribution in [0.1, 0.15) is 42.8 Å². The Balaban J connectivity index is 0.00000245. The molecule has 32 heavy (non-hydrogen) atoms. The van der Waals surface area contributed by atoms with Crippen LogP contribution in [0.5, 0.6) is 0 Å². The van der Waals surface area contributed by atoms with Crippen LogP contribution in [0.2, 0.25) is 0 Å². The van der Waals surface area contributed by atoms with Crippen LogP contribution < -0.4 is 5.73 Å². The van der Waals surface area contributed by atoms with Crippen molar-refractivity contribution in [3.8, 4) is 11.4 Å². The maximum atomic E-state index is 6.07. The van der Waals surface area contributed by atoms with Gasteiger partial charge in [-0.05, 0) is 56.1 Å². The summed E-state index contributed by atoms with van der Waals surface area (Å²) in [6.07, 6.45) is 14.9. The minimum atomic E-state index is 0. The van der Waals surface area contributed by atoms with Gasteiger partial charge in [0, 0.05) is 31.1 Å². The van der Waals surface area contributed by atoms with Crippen molar-refractivity contribution in [2.45, 2.75) is 51.0 Å². The first kappa shape index (κ1) is 22.4. The zero-order valence-electron chi connectivity index (χ0n) is 18.1. The largest absolute Gasteiger partial charge is 0.328 e. The van der Waals surface area contributed by atoms with E-state index in [1.165, 1.54) is 18.4 Å². The normalized spacial score (nSPS) is 18.4. The monoisotopic (exact) mass is 448 g/mol. The van der Waals surface area contributed by atoms with Crippen molar-refractivity contribution in [1.82, 2.24) is 24.3 Å². The molecule has 166 valence electrons. The van der Waals surface area contributed by atoms with Crippen LogP contribution in [0.25, 0.3) is 17.0 Å². The molecule has 0 atom stereocenters. The van der Waals surface area contributed by atoms with E-state index in [1.54, 1.807) is 0 Å².